The van der Waals surface area contributed by atoms with E-state index in [-0.39, 0.29) is 18.0 Å². The fourth-order valence-corrected chi connectivity index (χ4v) is 0. The van der Waals surface area contributed by atoms with Gasteiger partial charge in [0.05, 0.1) is 0 Å². The predicted molar refractivity (Wildman–Crippen MR) is 19.1 cm³/mol. The number of hydrogen-bond donors (Lipinski definition) is 0. The summed E-state index contributed by atoms with van der Waals surface area (Å²) in [6.07, 6.45) is 0. The Labute approximate surface area is 53.6 Å². The van der Waals surface area contributed by atoms with Crippen molar-refractivity contribution >= 4 is 41.2 Å². The molecule has 0 heterocycles. The van der Waals surface area contributed by atoms with E-state index in [0.717, 1.165) is 0 Å². The molecule has 6 heavy (non-hydrogen) atoms. The topological polar surface area (TPSA) is 69.2 Å². The standard InChI is InChI=1S/AsH3O3S.As/c2-1(3,4)5;/h(H3,2,3,4,5);/q;+3/p-3. The van der Waals surface area contributed by atoms with Gasteiger partial charge in [-0.05, 0) is 0 Å². The molecule has 0 N–H and O–H groups in total. The van der Waals surface area contributed by atoms with E-state index in [0.29, 0.717) is 0 Å². The van der Waals surface area contributed by atoms with Gasteiger partial charge in [-0.3, -0.25) is 0 Å². The summed E-state index contributed by atoms with van der Waals surface area (Å²) in [7, 11) is 3.33. The van der Waals surface area contributed by atoms with Crippen LogP contribution in [0.5, 0.6) is 0 Å². The van der Waals surface area contributed by atoms with Gasteiger partial charge in [0.15, 0.2) is 0 Å². The molecule has 34 valence electrons. The molecular formula is As2O3S. The van der Waals surface area contributed by atoms with Crippen LogP contribution in [-0.4, -0.2) is 30.9 Å². The van der Waals surface area contributed by atoms with E-state index in [4.69, 9.17) is 12.3 Å². The van der Waals surface area contributed by atoms with Gasteiger partial charge in [-0.1, -0.05) is 0 Å². The molecule has 6 heteroatoms. The molecule has 0 spiro atoms. The van der Waals surface area contributed by atoms with Gasteiger partial charge in [-0.25, -0.2) is 0 Å². The molecule has 0 aliphatic carbocycles. The summed E-state index contributed by atoms with van der Waals surface area (Å²) in [4.78, 5) is 0. The fourth-order valence-electron chi connectivity index (χ4n) is 0. The van der Waals surface area contributed by atoms with Crippen molar-refractivity contribution in [1.29, 1.82) is 0 Å². The molecule has 0 aromatic heterocycles. The second-order valence-corrected chi connectivity index (χ2v) is 4.65. The summed E-state index contributed by atoms with van der Waals surface area (Å²) < 4.78 is 26.9. The molecular weight excluding hydrogens is 230 g/mol. The third-order valence-corrected chi connectivity index (χ3v) is 0. The Balaban J connectivity index is 0. The van der Waals surface area contributed by atoms with E-state index in [2.05, 4.69) is 10.4 Å². The molecule has 0 fully saturated rings. The molecule has 0 saturated heterocycles. The van der Waals surface area contributed by atoms with E-state index in [1.54, 1.807) is 0 Å². The van der Waals surface area contributed by atoms with Gasteiger partial charge in [-0.2, -0.15) is 0 Å². The minimum absolute atomic E-state index is 0. The van der Waals surface area contributed by atoms with Crippen LogP contribution in [0.4, 0.5) is 0 Å². The molecule has 0 unspecified atom stereocenters. The average Bonchev–Trinajstić information content (AvgIpc) is 0.722. The first-order chi connectivity index (χ1) is 2.00. The van der Waals surface area contributed by atoms with Crippen molar-refractivity contribution in [3.8, 4) is 0 Å². The Morgan fingerprint density at radius 2 is 1.17 bits per heavy atom. The van der Waals surface area contributed by atoms with Crippen molar-refractivity contribution in [3.63, 3.8) is 0 Å². The molecule has 0 aromatic carbocycles. The summed E-state index contributed by atoms with van der Waals surface area (Å²) >= 11 is -5.04. The van der Waals surface area contributed by atoms with Crippen LogP contribution in [0, 0.1) is 0 Å². The molecule has 0 atom stereocenters. The van der Waals surface area contributed by atoms with Crippen molar-refractivity contribution in [1.82, 2.24) is 0 Å². The van der Waals surface area contributed by atoms with Crippen LogP contribution >= 0.6 is 10.4 Å². The van der Waals surface area contributed by atoms with Crippen LogP contribution < -0.4 is 12.3 Å². The van der Waals surface area contributed by atoms with E-state index in [1.165, 1.54) is 0 Å². The summed E-state index contributed by atoms with van der Waals surface area (Å²) in [6.45, 7) is 0. The minimum atomic E-state index is -5.04. The van der Waals surface area contributed by atoms with Crippen molar-refractivity contribution < 1.29 is 12.3 Å². The van der Waals surface area contributed by atoms with Crippen molar-refractivity contribution in [2.45, 2.75) is 0 Å². The second kappa shape index (κ2) is 3.25. The number of rotatable bonds is 0. The van der Waals surface area contributed by atoms with Crippen LogP contribution in [0.3, 0.4) is 0 Å². The van der Waals surface area contributed by atoms with Gasteiger partial charge in [0, 0.05) is 0 Å². The van der Waals surface area contributed by atoms with E-state index < -0.39 is 12.9 Å². The zero-order valence-corrected chi connectivity index (χ0v) is 7.10. The van der Waals surface area contributed by atoms with E-state index in [1.807, 2.05) is 0 Å². The van der Waals surface area contributed by atoms with Crippen LogP contribution in [0.25, 0.3) is 0 Å². The quantitative estimate of drug-likeness (QED) is 0.402. The van der Waals surface area contributed by atoms with E-state index in [9.17, 15) is 0 Å². The molecule has 2 radical (unpaired) electrons. The Hall–Kier alpha value is 1.22. The molecule has 0 aliphatic rings. The van der Waals surface area contributed by atoms with Crippen LogP contribution in [0.15, 0.2) is 0 Å². The zero-order chi connectivity index (χ0) is 4.50. The Kier molecular flexibility index (Phi) is 5.55. The Morgan fingerprint density at radius 3 is 1.17 bits per heavy atom. The first-order valence-corrected chi connectivity index (χ1v) is 5.69. The van der Waals surface area contributed by atoms with Crippen LogP contribution in [-0.2, 0) is 0 Å². The van der Waals surface area contributed by atoms with Gasteiger partial charge in [-0.15, -0.1) is 0 Å². The molecule has 0 bridgehead atoms. The Morgan fingerprint density at radius 1 is 1.17 bits per heavy atom. The summed E-state index contributed by atoms with van der Waals surface area (Å²) in [5, 5.41) is 0. The molecule has 0 aromatic rings. The van der Waals surface area contributed by atoms with Gasteiger partial charge in [0.1, 0.15) is 0 Å². The van der Waals surface area contributed by atoms with Crippen molar-refractivity contribution in [2.75, 3.05) is 0 Å². The second-order valence-electron chi connectivity index (χ2n) is 0.447. The normalized spacial score (nSPS) is 9.83. The van der Waals surface area contributed by atoms with Gasteiger partial charge in [0.2, 0.25) is 0 Å². The van der Waals surface area contributed by atoms with Crippen molar-refractivity contribution in [2.24, 2.45) is 0 Å². The average molecular weight is 230 g/mol. The van der Waals surface area contributed by atoms with Crippen LogP contribution in [0.2, 0.25) is 0 Å². The summed E-state index contributed by atoms with van der Waals surface area (Å²) in [5.41, 5.74) is 0. The van der Waals surface area contributed by atoms with Gasteiger partial charge < -0.3 is 0 Å². The molecule has 0 rings (SSSR count). The number of hydrogen-bond acceptors (Lipinski definition) is 4. The SMILES string of the molecule is [As+3].[O-][As]([O-])([O-])=S. The Bertz CT molecular complexity index is 54.9. The predicted octanol–water partition coefficient (Wildman–Crippen LogP) is -3.68. The summed E-state index contributed by atoms with van der Waals surface area (Å²) in [5.74, 6) is 0. The third-order valence-electron chi connectivity index (χ3n) is 0. The fraction of sp³-hybridized carbons (Fsp3) is 0. The van der Waals surface area contributed by atoms with E-state index >= 15 is 0 Å². The third kappa shape index (κ3) is 62.6. The summed E-state index contributed by atoms with van der Waals surface area (Å²) in [6, 6.07) is 0. The van der Waals surface area contributed by atoms with Gasteiger partial charge in [0.25, 0.3) is 0 Å². The molecule has 0 aliphatic heterocycles. The zero-order valence-electron chi connectivity index (χ0n) is 2.53. The first-order valence-electron chi connectivity index (χ1n) is 0.730. The van der Waals surface area contributed by atoms with Crippen LogP contribution in [0.1, 0.15) is 0 Å². The molecule has 3 nitrogen and oxygen atoms in total. The first kappa shape index (κ1) is 10.2. The van der Waals surface area contributed by atoms with Crippen molar-refractivity contribution in [3.05, 3.63) is 0 Å². The molecule has 0 saturated carbocycles. The van der Waals surface area contributed by atoms with Gasteiger partial charge >= 0.3 is 53.5 Å². The maximum absolute atomic E-state index is 8.98. The maximum atomic E-state index is 8.98. The monoisotopic (exact) mass is 230 g/mol. The molecule has 0 amide bonds.